The number of nitrogens with one attached hydrogen (secondary N) is 2. The molecule has 0 unspecified atom stereocenters. The van der Waals surface area contributed by atoms with Gasteiger partial charge in [0.25, 0.3) is 5.56 Å². The number of nitrogens with zero attached hydrogens (tertiary/aromatic N) is 2. The van der Waals surface area contributed by atoms with Gasteiger partial charge in [-0.1, -0.05) is 36.4 Å². The van der Waals surface area contributed by atoms with Gasteiger partial charge < -0.3 is 9.72 Å². The van der Waals surface area contributed by atoms with Crippen molar-refractivity contribution in [2.75, 3.05) is 12.8 Å². The van der Waals surface area contributed by atoms with Crippen LogP contribution in [-0.2, 0) is 36.0 Å². The maximum atomic E-state index is 12.6. The monoisotopic (exact) mass is 464 g/mol. The summed E-state index contributed by atoms with van der Waals surface area (Å²) in [6, 6.07) is 16.0. The first-order valence-corrected chi connectivity index (χ1v) is 12.6. The van der Waals surface area contributed by atoms with Crippen molar-refractivity contribution < 1.29 is 13.2 Å². The zero-order valence-electron chi connectivity index (χ0n) is 18.2. The number of sulfone groups is 1. The summed E-state index contributed by atoms with van der Waals surface area (Å²) >= 11 is 0. The average Bonchev–Trinajstić information content (AvgIpc) is 3.21. The summed E-state index contributed by atoms with van der Waals surface area (Å²) in [6.07, 6.45) is 3.54. The van der Waals surface area contributed by atoms with Gasteiger partial charge in [-0.25, -0.2) is 13.4 Å². The number of fused-ring (bicyclic) bond motifs is 2. The van der Waals surface area contributed by atoms with Gasteiger partial charge in [0.15, 0.2) is 0 Å². The second kappa shape index (κ2) is 8.49. The van der Waals surface area contributed by atoms with Crippen LogP contribution >= 0.6 is 0 Å². The fourth-order valence-corrected chi connectivity index (χ4v) is 4.76. The summed E-state index contributed by atoms with van der Waals surface area (Å²) in [6.45, 7) is 2.18. The third-order valence-electron chi connectivity index (χ3n) is 5.86. The number of ether oxygens (including phenoxy) is 1. The van der Waals surface area contributed by atoms with E-state index in [4.69, 9.17) is 4.74 Å². The molecule has 2 aromatic carbocycles. The molecule has 0 saturated heterocycles. The van der Waals surface area contributed by atoms with Crippen molar-refractivity contribution >= 4 is 20.7 Å². The molecule has 4 aromatic rings. The van der Waals surface area contributed by atoms with E-state index in [0.717, 1.165) is 34.0 Å². The molecule has 0 bridgehead atoms. The topological polar surface area (TPSA) is 108 Å². The first kappa shape index (κ1) is 21.4. The molecule has 5 rings (SSSR count). The predicted molar refractivity (Wildman–Crippen MR) is 125 cm³/mol. The van der Waals surface area contributed by atoms with E-state index in [1.54, 1.807) is 0 Å². The summed E-state index contributed by atoms with van der Waals surface area (Å²) in [5.74, 6) is 0.808. The Morgan fingerprint density at radius 2 is 1.94 bits per heavy atom. The normalized spacial score (nSPS) is 14.3. The first-order valence-electron chi connectivity index (χ1n) is 10.7. The van der Waals surface area contributed by atoms with Gasteiger partial charge in [0.05, 0.1) is 11.3 Å². The Balaban J connectivity index is 1.39. The standard InChI is InChI=1S/C24H24N4O4S/c1-33(30,31)24-26-19-10-11-28(14-18(19)23(29)27-24)13-17-12-25-20-8-5-9-21(22(17)20)32-15-16-6-3-2-4-7-16/h2-9,12,25H,10-11,13-15H2,1H3,(H,26,27,29). The molecule has 170 valence electrons. The lowest BCUT2D eigenvalue weighted by Gasteiger charge is -2.27. The number of hydrogen-bond donors (Lipinski definition) is 2. The molecule has 1 aliphatic heterocycles. The van der Waals surface area contributed by atoms with Crippen LogP contribution in [0, 0.1) is 0 Å². The zero-order chi connectivity index (χ0) is 23.0. The van der Waals surface area contributed by atoms with Crippen molar-refractivity contribution in [2.45, 2.75) is 31.3 Å². The fourth-order valence-electron chi connectivity index (χ4n) is 4.21. The van der Waals surface area contributed by atoms with Crippen LogP contribution in [0.2, 0.25) is 0 Å². The number of aromatic nitrogens is 3. The summed E-state index contributed by atoms with van der Waals surface area (Å²) < 4.78 is 29.7. The molecule has 1 aliphatic rings. The highest BCUT2D eigenvalue weighted by atomic mass is 32.2. The molecule has 0 saturated carbocycles. The molecule has 9 heteroatoms. The van der Waals surface area contributed by atoms with Gasteiger partial charge >= 0.3 is 0 Å². The summed E-state index contributed by atoms with van der Waals surface area (Å²) in [5, 5.41) is 0.759. The summed E-state index contributed by atoms with van der Waals surface area (Å²) in [4.78, 5) is 24.6. The van der Waals surface area contributed by atoms with Crippen LogP contribution < -0.4 is 10.3 Å². The second-order valence-electron chi connectivity index (χ2n) is 8.30. The van der Waals surface area contributed by atoms with Gasteiger partial charge in [0.1, 0.15) is 12.4 Å². The predicted octanol–water partition coefficient (Wildman–Crippen LogP) is 2.79. The van der Waals surface area contributed by atoms with E-state index in [0.29, 0.717) is 43.9 Å². The van der Waals surface area contributed by atoms with E-state index >= 15 is 0 Å². The van der Waals surface area contributed by atoms with Crippen molar-refractivity contribution in [3.05, 3.63) is 87.5 Å². The smallest absolute Gasteiger partial charge is 0.256 e. The van der Waals surface area contributed by atoms with E-state index in [1.807, 2.05) is 54.7 Å². The number of aromatic amines is 2. The Morgan fingerprint density at radius 1 is 1.12 bits per heavy atom. The summed E-state index contributed by atoms with van der Waals surface area (Å²) in [7, 11) is -3.57. The van der Waals surface area contributed by atoms with E-state index in [-0.39, 0.29) is 5.16 Å². The zero-order valence-corrected chi connectivity index (χ0v) is 19.0. The van der Waals surface area contributed by atoms with Gasteiger partial charge in [-0.2, -0.15) is 0 Å². The first-order chi connectivity index (χ1) is 15.9. The molecule has 0 amide bonds. The van der Waals surface area contributed by atoms with Crippen LogP contribution in [-0.4, -0.2) is 41.1 Å². The van der Waals surface area contributed by atoms with Crippen molar-refractivity contribution in [2.24, 2.45) is 0 Å². The van der Waals surface area contributed by atoms with Crippen LogP contribution in [0.3, 0.4) is 0 Å². The lowest BCUT2D eigenvalue weighted by atomic mass is 10.1. The van der Waals surface area contributed by atoms with E-state index in [1.165, 1.54) is 0 Å². The highest BCUT2D eigenvalue weighted by molar-refractivity contribution is 7.90. The van der Waals surface area contributed by atoms with Gasteiger partial charge in [-0.05, 0) is 23.3 Å². The fraction of sp³-hybridized carbons (Fsp3) is 0.250. The minimum Gasteiger partial charge on any atom is -0.488 e. The van der Waals surface area contributed by atoms with Crippen LogP contribution in [0.1, 0.15) is 22.4 Å². The Kier molecular flexibility index (Phi) is 5.51. The highest BCUT2D eigenvalue weighted by Crippen LogP contribution is 2.31. The van der Waals surface area contributed by atoms with Crippen molar-refractivity contribution in [3.63, 3.8) is 0 Å². The molecule has 2 aromatic heterocycles. The van der Waals surface area contributed by atoms with Crippen molar-refractivity contribution in [1.82, 2.24) is 19.9 Å². The maximum absolute atomic E-state index is 12.6. The molecule has 0 aliphatic carbocycles. The van der Waals surface area contributed by atoms with Crippen LogP contribution in [0.4, 0.5) is 0 Å². The quantitative estimate of drug-likeness (QED) is 0.425. The van der Waals surface area contributed by atoms with Crippen molar-refractivity contribution in [1.29, 1.82) is 0 Å². The number of rotatable bonds is 6. The Hall–Kier alpha value is -3.43. The largest absolute Gasteiger partial charge is 0.488 e. The molecule has 0 atom stereocenters. The Bertz CT molecular complexity index is 1480. The summed E-state index contributed by atoms with van der Waals surface area (Å²) in [5.41, 5.74) is 3.85. The Labute approximate surface area is 191 Å². The van der Waals surface area contributed by atoms with Gasteiger partial charge in [0, 0.05) is 49.4 Å². The van der Waals surface area contributed by atoms with Crippen LogP contribution in [0.15, 0.2) is 64.7 Å². The third-order valence-corrected chi connectivity index (χ3v) is 6.75. The average molecular weight is 465 g/mol. The van der Waals surface area contributed by atoms with E-state index in [9.17, 15) is 13.2 Å². The molecule has 33 heavy (non-hydrogen) atoms. The molecule has 0 fully saturated rings. The number of hydrogen-bond acceptors (Lipinski definition) is 6. The third kappa shape index (κ3) is 4.42. The SMILES string of the molecule is CS(=O)(=O)c1nc2c(c(=O)[nH]1)CN(Cc1c[nH]c3cccc(OCc4ccccc4)c13)CC2. The van der Waals surface area contributed by atoms with Gasteiger partial charge in [0.2, 0.25) is 15.0 Å². The van der Waals surface area contributed by atoms with Gasteiger partial charge in [-0.15, -0.1) is 0 Å². The van der Waals surface area contributed by atoms with Crippen LogP contribution in [0.25, 0.3) is 10.9 Å². The Morgan fingerprint density at radius 3 is 2.73 bits per heavy atom. The molecule has 8 nitrogen and oxygen atoms in total. The van der Waals surface area contributed by atoms with E-state index < -0.39 is 15.4 Å². The molecule has 2 N–H and O–H groups in total. The lowest BCUT2D eigenvalue weighted by Crippen LogP contribution is -2.36. The highest BCUT2D eigenvalue weighted by Gasteiger charge is 2.24. The minimum atomic E-state index is -3.57. The minimum absolute atomic E-state index is 0.267. The molecule has 0 radical (unpaired) electrons. The molecule has 3 heterocycles. The van der Waals surface area contributed by atoms with Crippen molar-refractivity contribution in [3.8, 4) is 5.75 Å². The number of H-pyrrole nitrogens is 2. The van der Waals surface area contributed by atoms with Gasteiger partial charge in [-0.3, -0.25) is 14.7 Å². The molecular weight excluding hydrogens is 440 g/mol. The second-order valence-corrected chi connectivity index (χ2v) is 10.2. The van der Waals surface area contributed by atoms with Crippen LogP contribution in [0.5, 0.6) is 5.75 Å². The molecular formula is C24H24N4O4S. The maximum Gasteiger partial charge on any atom is 0.256 e. The molecule has 0 spiro atoms. The van der Waals surface area contributed by atoms with E-state index in [2.05, 4.69) is 19.9 Å². The lowest BCUT2D eigenvalue weighted by molar-refractivity contribution is 0.241. The number of benzene rings is 2.